The third kappa shape index (κ3) is 5.07. The summed E-state index contributed by atoms with van der Waals surface area (Å²) in [6, 6.07) is 0. The average molecular weight is 212 g/mol. The van der Waals surface area contributed by atoms with Crippen LogP contribution in [0.25, 0.3) is 0 Å². The highest BCUT2D eigenvalue weighted by molar-refractivity contribution is 5.86. The summed E-state index contributed by atoms with van der Waals surface area (Å²) >= 11 is 0. The van der Waals surface area contributed by atoms with Crippen molar-refractivity contribution in [2.24, 2.45) is 0 Å². The molecule has 5 heteroatoms. The number of nitrogens with one attached hydrogen (secondary N) is 2. The van der Waals surface area contributed by atoms with Crippen molar-refractivity contribution < 1.29 is 14.6 Å². The van der Waals surface area contributed by atoms with Crippen molar-refractivity contribution in [1.82, 2.24) is 10.9 Å². The van der Waals surface area contributed by atoms with Gasteiger partial charge in [-0.1, -0.05) is 0 Å². The molecule has 0 spiro atoms. The van der Waals surface area contributed by atoms with Gasteiger partial charge >= 0.3 is 5.97 Å². The van der Waals surface area contributed by atoms with Crippen LogP contribution in [0.5, 0.6) is 0 Å². The second kappa shape index (κ2) is 6.89. The Kier molecular flexibility index (Phi) is 5.32. The number of rotatable bonds is 1. The Hall–Kier alpha value is -1.49. The maximum absolute atomic E-state index is 10.1. The third-order valence-electron chi connectivity index (χ3n) is 1.96. The number of hydrogen-bond donors (Lipinski definition) is 3. The average Bonchev–Trinajstić information content (AvgIpc) is 2.33. The van der Waals surface area contributed by atoms with E-state index < -0.39 is 5.97 Å². The Morgan fingerprint density at radius 1 is 1.33 bits per heavy atom. The predicted molar refractivity (Wildman–Crippen MR) is 55.8 cm³/mol. The molecule has 0 amide bonds. The fourth-order valence-electron chi connectivity index (χ4n) is 1.17. The SMILES string of the molecule is C1CCOCC1.O=C(O)C1=CC=CNN1. The number of hydrogen-bond acceptors (Lipinski definition) is 4. The van der Waals surface area contributed by atoms with E-state index in [1.807, 2.05) is 0 Å². The van der Waals surface area contributed by atoms with Crippen LogP contribution in [0, 0.1) is 0 Å². The lowest BCUT2D eigenvalue weighted by Crippen LogP contribution is -2.31. The van der Waals surface area contributed by atoms with E-state index in [1.54, 1.807) is 12.3 Å². The first-order valence-corrected chi connectivity index (χ1v) is 5.00. The van der Waals surface area contributed by atoms with E-state index in [4.69, 9.17) is 9.84 Å². The van der Waals surface area contributed by atoms with Crippen molar-refractivity contribution >= 4 is 5.97 Å². The van der Waals surface area contributed by atoms with E-state index in [0.29, 0.717) is 0 Å². The van der Waals surface area contributed by atoms with E-state index in [1.165, 1.54) is 25.3 Å². The van der Waals surface area contributed by atoms with Gasteiger partial charge in [0.2, 0.25) is 0 Å². The van der Waals surface area contributed by atoms with Crippen LogP contribution in [0.3, 0.4) is 0 Å². The minimum Gasteiger partial charge on any atom is -0.477 e. The molecule has 1 fully saturated rings. The maximum Gasteiger partial charge on any atom is 0.353 e. The van der Waals surface area contributed by atoms with Crippen LogP contribution in [0.1, 0.15) is 19.3 Å². The number of carbonyl (C=O) groups is 1. The van der Waals surface area contributed by atoms with Gasteiger partial charge in [-0.3, -0.25) is 5.43 Å². The lowest BCUT2D eigenvalue weighted by Gasteiger charge is -2.08. The zero-order chi connectivity index (χ0) is 10.9. The molecule has 3 N–H and O–H groups in total. The molecule has 84 valence electrons. The Bertz CT molecular complexity index is 246. The minimum absolute atomic E-state index is 0.150. The monoisotopic (exact) mass is 212 g/mol. The predicted octanol–water partition coefficient (Wildman–Crippen LogP) is 0.763. The molecule has 15 heavy (non-hydrogen) atoms. The van der Waals surface area contributed by atoms with Crippen molar-refractivity contribution in [2.75, 3.05) is 13.2 Å². The highest BCUT2D eigenvalue weighted by Crippen LogP contribution is 2.02. The molecule has 5 nitrogen and oxygen atoms in total. The summed E-state index contributed by atoms with van der Waals surface area (Å²) in [5.41, 5.74) is 5.13. The third-order valence-corrected chi connectivity index (χ3v) is 1.96. The van der Waals surface area contributed by atoms with Crippen molar-refractivity contribution in [3.8, 4) is 0 Å². The van der Waals surface area contributed by atoms with Gasteiger partial charge in [0.15, 0.2) is 0 Å². The molecule has 0 atom stereocenters. The first kappa shape index (κ1) is 11.6. The van der Waals surface area contributed by atoms with Gasteiger partial charge in [-0.25, -0.2) is 4.79 Å². The highest BCUT2D eigenvalue weighted by Gasteiger charge is 2.04. The van der Waals surface area contributed by atoms with Crippen LogP contribution in [0.4, 0.5) is 0 Å². The molecule has 0 radical (unpaired) electrons. The van der Waals surface area contributed by atoms with Gasteiger partial charge in [0.1, 0.15) is 5.70 Å². The van der Waals surface area contributed by atoms with Crippen molar-refractivity contribution in [3.63, 3.8) is 0 Å². The molecule has 0 bridgehead atoms. The van der Waals surface area contributed by atoms with Crippen molar-refractivity contribution in [1.29, 1.82) is 0 Å². The van der Waals surface area contributed by atoms with Crippen molar-refractivity contribution in [2.45, 2.75) is 19.3 Å². The molecule has 0 aromatic carbocycles. The molecule has 2 rings (SSSR count). The van der Waals surface area contributed by atoms with E-state index in [-0.39, 0.29) is 5.70 Å². The summed E-state index contributed by atoms with van der Waals surface area (Å²) in [7, 11) is 0. The Morgan fingerprint density at radius 3 is 2.33 bits per heavy atom. The fraction of sp³-hybridized carbons (Fsp3) is 0.500. The van der Waals surface area contributed by atoms with Crippen LogP contribution in [0.15, 0.2) is 24.0 Å². The Morgan fingerprint density at radius 2 is 2.07 bits per heavy atom. The zero-order valence-corrected chi connectivity index (χ0v) is 8.53. The van der Waals surface area contributed by atoms with E-state index in [9.17, 15) is 4.79 Å². The topological polar surface area (TPSA) is 70.6 Å². The molecule has 0 unspecified atom stereocenters. The normalized spacial score (nSPS) is 18.8. The minimum atomic E-state index is -0.966. The summed E-state index contributed by atoms with van der Waals surface area (Å²) in [6.07, 6.45) is 8.62. The van der Waals surface area contributed by atoms with Gasteiger partial charge in [0.05, 0.1) is 0 Å². The quantitative estimate of drug-likeness (QED) is 0.598. The Balaban J connectivity index is 0.000000162. The number of allylic oxidation sites excluding steroid dienone is 2. The summed E-state index contributed by atoms with van der Waals surface area (Å²) < 4.78 is 5.07. The first-order chi connectivity index (χ1) is 7.30. The molecule has 0 aliphatic carbocycles. The molecule has 2 heterocycles. The first-order valence-electron chi connectivity index (χ1n) is 5.00. The fourth-order valence-corrected chi connectivity index (χ4v) is 1.17. The van der Waals surface area contributed by atoms with Crippen LogP contribution < -0.4 is 10.9 Å². The zero-order valence-electron chi connectivity index (χ0n) is 8.53. The lowest BCUT2D eigenvalue weighted by molar-refractivity contribution is -0.133. The largest absolute Gasteiger partial charge is 0.477 e. The highest BCUT2D eigenvalue weighted by atomic mass is 16.5. The summed E-state index contributed by atoms with van der Waals surface area (Å²) in [4.78, 5) is 10.1. The molecular formula is C10H16N2O3. The number of hydrazine groups is 1. The van der Waals surface area contributed by atoms with Crippen molar-refractivity contribution in [3.05, 3.63) is 24.0 Å². The van der Waals surface area contributed by atoms with E-state index >= 15 is 0 Å². The van der Waals surface area contributed by atoms with E-state index in [0.717, 1.165) is 13.2 Å². The van der Waals surface area contributed by atoms with Gasteiger partial charge in [0, 0.05) is 19.4 Å². The summed E-state index contributed by atoms with van der Waals surface area (Å²) in [5, 5.41) is 8.33. The van der Waals surface area contributed by atoms with Gasteiger partial charge < -0.3 is 15.3 Å². The van der Waals surface area contributed by atoms with Crippen LogP contribution in [-0.4, -0.2) is 24.3 Å². The standard InChI is InChI=1S/C5H6N2O2.C5H10O/c8-5(9)4-2-1-3-6-7-4;1-2-4-6-5-3-1/h1-3,6-7H,(H,8,9);1-5H2. The van der Waals surface area contributed by atoms with Gasteiger partial charge in [-0.05, 0) is 31.4 Å². The molecular weight excluding hydrogens is 196 g/mol. The van der Waals surface area contributed by atoms with E-state index in [2.05, 4.69) is 10.9 Å². The molecule has 0 aromatic rings. The smallest absolute Gasteiger partial charge is 0.353 e. The lowest BCUT2D eigenvalue weighted by atomic mass is 10.2. The molecule has 0 saturated carbocycles. The van der Waals surface area contributed by atoms with Gasteiger partial charge in [-0.15, -0.1) is 0 Å². The van der Waals surface area contributed by atoms with Crippen LogP contribution in [-0.2, 0) is 9.53 Å². The van der Waals surface area contributed by atoms with Crippen LogP contribution in [0.2, 0.25) is 0 Å². The Labute approximate surface area is 88.8 Å². The molecule has 0 aromatic heterocycles. The second-order valence-corrected chi connectivity index (χ2v) is 3.19. The van der Waals surface area contributed by atoms with Gasteiger partial charge in [0.25, 0.3) is 0 Å². The molecule has 1 saturated heterocycles. The second-order valence-electron chi connectivity index (χ2n) is 3.19. The molecule has 2 aliphatic heterocycles. The number of carboxylic acid groups (broad SMARTS) is 1. The summed E-state index contributed by atoms with van der Waals surface area (Å²) in [6.45, 7) is 2.00. The van der Waals surface area contributed by atoms with Gasteiger partial charge in [-0.2, -0.15) is 0 Å². The molecule has 2 aliphatic rings. The van der Waals surface area contributed by atoms with Crippen LogP contribution >= 0.6 is 0 Å². The summed E-state index contributed by atoms with van der Waals surface area (Å²) in [5.74, 6) is -0.966. The maximum atomic E-state index is 10.1. The number of aliphatic carboxylic acids is 1. The number of ether oxygens (including phenoxy) is 1. The number of carboxylic acids is 1.